The second kappa shape index (κ2) is 7.78. The Morgan fingerprint density at radius 3 is 2.67 bits per heavy atom. The fraction of sp³-hybridized carbons (Fsp3) is 0.312. The summed E-state index contributed by atoms with van der Waals surface area (Å²) in [6, 6.07) is 5.10. The van der Waals surface area contributed by atoms with E-state index in [1.807, 2.05) is 41.2 Å². The monoisotopic (exact) mass is 349 g/mol. The van der Waals surface area contributed by atoms with Crippen LogP contribution in [0.3, 0.4) is 0 Å². The molecule has 0 aromatic carbocycles. The Morgan fingerprint density at radius 2 is 2.04 bits per heavy atom. The van der Waals surface area contributed by atoms with Crippen LogP contribution in [-0.4, -0.2) is 36.1 Å². The topological polar surface area (TPSA) is 89.4 Å². The highest BCUT2D eigenvalue weighted by Gasteiger charge is 2.18. The van der Waals surface area contributed by atoms with Crippen molar-refractivity contribution in [3.8, 4) is 0 Å². The van der Waals surface area contributed by atoms with Gasteiger partial charge in [-0.05, 0) is 31.4 Å². The lowest BCUT2D eigenvalue weighted by atomic mass is 10.2. The van der Waals surface area contributed by atoms with Gasteiger partial charge in [0.15, 0.2) is 6.61 Å². The summed E-state index contributed by atoms with van der Waals surface area (Å²) < 4.78 is 7.00. The van der Waals surface area contributed by atoms with Crippen LogP contribution in [-0.2, 0) is 16.1 Å². The molecule has 0 saturated heterocycles. The average Bonchev–Trinajstić information content (AvgIpc) is 3.16. The van der Waals surface area contributed by atoms with Crippen molar-refractivity contribution in [2.45, 2.75) is 20.4 Å². The number of rotatable bonds is 5. The van der Waals surface area contributed by atoms with E-state index in [0.29, 0.717) is 12.1 Å². The van der Waals surface area contributed by atoms with E-state index in [-0.39, 0.29) is 0 Å². The quantitative estimate of drug-likeness (QED) is 0.806. The van der Waals surface area contributed by atoms with Gasteiger partial charge in [-0.15, -0.1) is 11.3 Å². The number of ether oxygens (including phenoxy) is 1. The molecule has 7 nitrogen and oxygen atoms in total. The summed E-state index contributed by atoms with van der Waals surface area (Å²) in [4.78, 5) is 35.8. The molecule has 2 heterocycles. The van der Waals surface area contributed by atoms with Crippen molar-refractivity contribution in [1.29, 1.82) is 0 Å². The van der Waals surface area contributed by atoms with E-state index in [2.05, 4.69) is 5.32 Å². The molecule has 0 aliphatic rings. The van der Waals surface area contributed by atoms with Crippen molar-refractivity contribution >= 4 is 29.2 Å². The molecule has 0 spiro atoms. The number of thiophene rings is 1. The Kier molecular flexibility index (Phi) is 5.75. The van der Waals surface area contributed by atoms with Crippen LogP contribution < -0.4 is 10.6 Å². The van der Waals surface area contributed by atoms with Crippen LogP contribution >= 0.6 is 11.3 Å². The maximum atomic E-state index is 12.2. The SMILES string of the molecule is CNC(=O)NC(=O)COC(=O)c1cc(C)n(Cc2cccs2)c1C. The summed E-state index contributed by atoms with van der Waals surface area (Å²) >= 11 is 1.65. The smallest absolute Gasteiger partial charge is 0.340 e. The zero-order chi connectivity index (χ0) is 17.7. The van der Waals surface area contributed by atoms with Gasteiger partial charge in [0, 0.05) is 23.3 Å². The Hall–Kier alpha value is -2.61. The number of aromatic nitrogens is 1. The number of imide groups is 1. The van der Waals surface area contributed by atoms with Crippen molar-refractivity contribution in [2.24, 2.45) is 0 Å². The Balaban J connectivity index is 2.02. The third kappa shape index (κ3) is 4.23. The lowest BCUT2D eigenvalue weighted by molar-refractivity contribution is -0.123. The molecule has 3 amide bonds. The van der Waals surface area contributed by atoms with Crippen LogP contribution in [0, 0.1) is 13.8 Å². The van der Waals surface area contributed by atoms with E-state index in [9.17, 15) is 14.4 Å². The normalized spacial score (nSPS) is 10.3. The predicted octanol–water partition coefficient (Wildman–Crippen LogP) is 1.83. The summed E-state index contributed by atoms with van der Waals surface area (Å²) in [6.07, 6.45) is 0. The average molecular weight is 349 g/mol. The van der Waals surface area contributed by atoms with Crippen LogP contribution in [0.5, 0.6) is 0 Å². The van der Waals surface area contributed by atoms with Crippen LogP contribution in [0.4, 0.5) is 4.79 Å². The summed E-state index contributed by atoms with van der Waals surface area (Å²) in [5.41, 5.74) is 2.12. The van der Waals surface area contributed by atoms with Crippen molar-refractivity contribution in [1.82, 2.24) is 15.2 Å². The molecular weight excluding hydrogens is 330 g/mol. The van der Waals surface area contributed by atoms with Gasteiger partial charge in [0.2, 0.25) is 0 Å². The number of hydrogen-bond donors (Lipinski definition) is 2. The van der Waals surface area contributed by atoms with Gasteiger partial charge in [-0.25, -0.2) is 9.59 Å². The van der Waals surface area contributed by atoms with E-state index in [1.165, 1.54) is 11.9 Å². The van der Waals surface area contributed by atoms with Gasteiger partial charge in [0.1, 0.15) is 0 Å². The summed E-state index contributed by atoms with van der Waals surface area (Å²) in [6.45, 7) is 3.91. The van der Waals surface area contributed by atoms with E-state index in [1.54, 1.807) is 17.4 Å². The van der Waals surface area contributed by atoms with Crippen molar-refractivity contribution in [3.63, 3.8) is 0 Å². The van der Waals surface area contributed by atoms with Crippen LogP contribution in [0.1, 0.15) is 26.6 Å². The highest BCUT2D eigenvalue weighted by molar-refractivity contribution is 7.09. The maximum Gasteiger partial charge on any atom is 0.340 e. The highest BCUT2D eigenvalue weighted by atomic mass is 32.1. The van der Waals surface area contributed by atoms with Gasteiger partial charge in [-0.3, -0.25) is 10.1 Å². The molecule has 0 fully saturated rings. The maximum absolute atomic E-state index is 12.2. The minimum absolute atomic E-state index is 0.414. The molecule has 0 saturated carbocycles. The van der Waals surface area contributed by atoms with Crippen LogP contribution in [0.15, 0.2) is 23.6 Å². The number of hydrogen-bond acceptors (Lipinski definition) is 5. The molecule has 0 bridgehead atoms. The van der Waals surface area contributed by atoms with Crippen LogP contribution in [0.2, 0.25) is 0 Å². The number of esters is 1. The van der Waals surface area contributed by atoms with Gasteiger partial charge in [0.25, 0.3) is 5.91 Å². The Morgan fingerprint density at radius 1 is 1.29 bits per heavy atom. The number of aryl methyl sites for hydroxylation is 1. The third-order valence-corrected chi connectivity index (χ3v) is 4.36. The molecule has 0 radical (unpaired) electrons. The molecule has 128 valence electrons. The van der Waals surface area contributed by atoms with Crippen molar-refractivity contribution in [2.75, 3.05) is 13.7 Å². The molecule has 0 aliphatic carbocycles. The first-order valence-electron chi connectivity index (χ1n) is 7.30. The number of nitrogens with one attached hydrogen (secondary N) is 2. The molecule has 0 unspecified atom stereocenters. The highest BCUT2D eigenvalue weighted by Crippen LogP contribution is 2.19. The number of urea groups is 1. The van der Waals surface area contributed by atoms with Gasteiger partial charge >= 0.3 is 12.0 Å². The largest absolute Gasteiger partial charge is 0.452 e. The van der Waals surface area contributed by atoms with Gasteiger partial charge < -0.3 is 14.6 Å². The Labute approximate surface area is 143 Å². The first-order chi connectivity index (χ1) is 11.4. The van der Waals surface area contributed by atoms with E-state index in [4.69, 9.17) is 4.74 Å². The minimum Gasteiger partial charge on any atom is -0.452 e. The van der Waals surface area contributed by atoms with Gasteiger partial charge in [0.05, 0.1) is 12.1 Å². The first-order valence-corrected chi connectivity index (χ1v) is 8.18. The number of nitrogens with zero attached hydrogens (tertiary/aromatic N) is 1. The number of carbonyl (C=O) groups excluding carboxylic acids is 3. The number of amides is 3. The minimum atomic E-state index is -0.685. The zero-order valence-corrected chi connectivity index (χ0v) is 14.5. The third-order valence-electron chi connectivity index (χ3n) is 3.50. The lowest BCUT2D eigenvalue weighted by Crippen LogP contribution is -2.39. The molecule has 0 atom stereocenters. The summed E-state index contributed by atoms with van der Waals surface area (Å²) in [5.74, 6) is -1.28. The van der Waals surface area contributed by atoms with E-state index >= 15 is 0 Å². The fourth-order valence-corrected chi connectivity index (χ4v) is 2.94. The molecular formula is C16H19N3O4S. The molecule has 0 aliphatic heterocycles. The van der Waals surface area contributed by atoms with Gasteiger partial charge in [-0.2, -0.15) is 0 Å². The van der Waals surface area contributed by atoms with Gasteiger partial charge in [-0.1, -0.05) is 6.07 Å². The standard InChI is InChI=1S/C16H19N3O4S/c1-10-7-13(11(2)19(10)8-12-5-4-6-24-12)15(21)23-9-14(20)18-16(22)17-3/h4-7H,8-9H2,1-3H3,(H2,17,18,20,22). The first kappa shape index (κ1) is 17.7. The molecule has 8 heteroatoms. The fourth-order valence-electron chi connectivity index (χ4n) is 2.24. The van der Waals surface area contributed by atoms with Crippen molar-refractivity contribution < 1.29 is 19.1 Å². The van der Waals surface area contributed by atoms with E-state index < -0.39 is 24.5 Å². The lowest BCUT2D eigenvalue weighted by Gasteiger charge is -2.08. The number of carbonyl (C=O) groups is 3. The Bertz CT molecular complexity index is 750. The molecule has 2 rings (SSSR count). The van der Waals surface area contributed by atoms with Crippen LogP contribution in [0.25, 0.3) is 0 Å². The molecule has 24 heavy (non-hydrogen) atoms. The van der Waals surface area contributed by atoms with E-state index in [0.717, 1.165) is 11.4 Å². The molecule has 2 aromatic rings. The molecule has 2 aromatic heterocycles. The second-order valence-electron chi connectivity index (χ2n) is 5.15. The summed E-state index contributed by atoms with van der Waals surface area (Å²) in [5, 5.41) is 6.27. The summed E-state index contributed by atoms with van der Waals surface area (Å²) in [7, 11) is 1.39. The molecule has 2 N–H and O–H groups in total. The van der Waals surface area contributed by atoms with Crippen molar-refractivity contribution in [3.05, 3.63) is 45.4 Å². The zero-order valence-electron chi connectivity index (χ0n) is 13.7. The predicted molar refractivity (Wildman–Crippen MR) is 90.2 cm³/mol. The second-order valence-corrected chi connectivity index (χ2v) is 6.19.